The molecule has 0 N–H and O–H groups in total. The van der Waals surface area contributed by atoms with Gasteiger partial charge in [0.05, 0.1) is 12.1 Å². The van der Waals surface area contributed by atoms with Crippen LogP contribution >= 0.6 is 0 Å². The number of para-hydroxylation sites is 1. The molecule has 0 aliphatic carbocycles. The summed E-state index contributed by atoms with van der Waals surface area (Å²) in [5.41, 5.74) is 2.49. The summed E-state index contributed by atoms with van der Waals surface area (Å²) in [7, 11) is -0.420. The summed E-state index contributed by atoms with van der Waals surface area (Å²) in [5.74, 6) is 0. The number of nitrogens with zero attached hydrogens (tertiary/aromatic N) is 1. The van der Waals surface area contributed by atoms with E-state index in [1.807, 2.05) is 0 Å². The predicted molar refractivity (Wildman–Crippen MR) is 125 cm³/mol. The first kappa shape index (κ1) is 19.7. The fourth-order valence-electron chi connectivity index (χ4n) is 4.51. The summed E-state index contributed by atoms with van der Waals surface area (Å²) in [5, 5.41) is 3.88. The molecular weight excluding hydrogens is 370 g/mol. The Morgan fingerprint density at radius 1 is 0.759 bits per heavy atom. The first-order chi connectivity index (χ1) is 13.9. The molecule has 2 nitrogen and oxygen atoms in total. The lowest BCUT2D eigenvalue weighted by Crippen LogP contribution is -2.66. The summed E-state index contributed by atoms with van der Waals surface area (Å²) < 4.78 is 9.30. The first-order valence-electron chi connectivity index (χ1n) is 10.2. The van der Waals surface area contributed by atoms with Gasteiger partial charge in [-0.15, -0.1) is 0 Å². The second-order valence-corrected chi connectivity index (χ2v) is 13.0. The van der Waals surface area contributed by atoms with Gasteiger partial charge in [0.2, 0.25) is 0 Å². The van der Waals surface area contributed by atoms with Crippen LogP contribution in [0.25, 0.3) is 10.9 Å². The fraction of sp³-hybridized carbons (Fsp3) is 0.231. The predicted octanol–water partition coefficient (Wildman–Crippen LogP) is 5.25. The molecule has 0 saturated heterocycles. The number of aryl methyl sites for hydroxylation is 1. The number of fused-ring (bicyclic) bond motifs is 1. The van der Waals surface area contributed by atoms with Gasteiger partial charge in [0.25, 0.3) is 8.32 Å². The van der Waals surface area contributed by atoms with Gasteiger partial charge < -0.3 is 8.99 Å². The molecule has 4 aromatic rings. The Bertz CT molecular complexity index is 1050. The summed E-state index contributed by atoms with van der Waals surface area (Å²) in [6.07, 6.45) is 2.12. The van der Waals surface area contributed by atoms with E-state index < -0.39 is 8.32 Å². The normalized spacial score (nSPS) is 12.4. The number of benzene rings is 3. The summed E-state index contributed by atoms with van der Waals surface area (Å²) in [4.78, 5) is 0. The smallest absolute Gasteiger partial charge is 0.261 e. The number of aromatic nitrogens is 1. The standard InChI is InChI=1S/C26H29NOSi/c1-26(2,3)29(23-14-7-5-8-15-23,24-16-9-6-10-17-24)28-20-22-13-11-12-21-18-19-27(4)25(21)22/h5-19H,20H2,1-4H3. The minimum atomic E-state index is -2.53. The van der Waals surface area contributed by atoms with E-state index in [0.717, 1.165) is 0 Å². The van der Waals surface area contributed by atoms with Gasteiger partial charge in [-0.3, -0.25) is 0 Å². The van der Waals surface area contributed by atoms with Crippen LogP contribution in [0.3, 0.4) is 0 Å². The van der Waals surface area contributed by atoms with Crippen LogP contribution in [-0.4, -0.2) is 12.9 Å². The van der Waals surface area contributed by atoms with Crippen LogP contribution in [0.1, 0.15) is 26.3 Å². The largest absolute Gasteiger partial charge is 0.403 e. The van der Waals surface area contributed by atoms with Gasteiger partial charge in [-0.1, -0.05) is 99.6 Å². The highest BCUT2D eigenvalue weighted by atomic mass is 28.4. The third-order valence-electron chi connectivity index (χ3n) is 5.84. The van der Waals surface area contributed by atoms with Crippen LogP contribution < -0.4 is 10.4 Å². The van der Waals surface area contributed by atoms with E-state index in [2.05, 4.69) is 124 Å². The highest BCUT2D eigenvalue weighted by Crippen LogP contribution is 2.37. The van der Waals surface area contributed by atoms with Crippen molar-refractivity contribution < 1.29 is 4.43 Å². The Kier molecular flexibility index (Phi) is 5.20. The lowest BCUT2D eigenvalue weighted by molar-refractivity contribution is 0.287. The van der Waals surface area contributed by atoms with E-state index in [1.54, 1.807) is 0 Å². The molecule has 0 saturated carbocycles. The van der Waals surface area contributed by atoms with Crippen molar-refractivity contribution in [3.05, 3.63) is 96.7 Å². The molecule has 4 rings (SSSR count). The summed E-state index contributed by atoms with van der Waals surface area (Å²) >= 11 is 0. The van der Waals surface area contributed by atoms with Gasteiger partial charge in [-0.2, -0.15) is 0 Å². The van der Waals surface area contributed by atoms with Gasteiger partial charge in [0.1, 0.15) is 0 Å². The molecule has 0 unspecified atom stereocenters. The molecule has 0 fully saturated rings. The van der Waals surface area contributed by atoms with E-state index in [9.17, 15) is 0 Å². The minimum absolute atomic E-state index is 0.0161. The minimum Gasteiger partial charge on any atom is -0.403 e. The van der Waals surface area contributed by atoms with Crippen molar-refractivity contribution >= 4 is 29.6 Å². The fourth-order valence-corrected chi connectivity index (χ4v) is 9.03. The second kappa shape index (κ2) is 7.66. The van der Waals surface area contributed by atoms with E-state index >= 15 is 0 Å². The maximum Gasteiger partial charge on any atom is 0.261 e. The van der Waals surface area contributed by atoms with Crippen molar-refractivity contribution in [3.63, 3.8) is 0 Å². The highest BCUT2D eigenvalue weighted by molar-refractivity contribution is 6.99. The number of hydrogen-bond acceptors (Lipinski definition) is 1. The van der Waals surface area contributed by atoms with Crippen LogP contribution in [0.5, 0.6) is 0 Å². The van der Waals surface area contributed by atoms with Crippen molar-refractivity contribution in [2.45, 2.75) is 32.4 Å². The van der Waals surface area contributed by atoms with Crippen LogP contribution in [0.15, 0.2) is 91.1 Å². The Balaban J connectivity index is 1.85. The second-order valence-electron chi connectivity index (χ2n) is 8.73. The molecule has 3 heteroatoms. The van der Waals surface area contributed by atoms with Gasteiger partial charge >= 0.3 is 0 Å². The average molecular weight is 400 g/mol. The van der Waals surface area contributed by atoms with Crippen molar-refractivity contribution in [1.29, 1.82) is 0 Å². The van der Waals surface area contributed by atoms with Crippen LogP contribution in [-0.2, 0) is 18.1 Å². The zero-order chi connectivity index (χ0) is 20.5. The van der Waals surface area contributed by atoms with Crippen LogP contribution in [0, 0.1) is 0 Å². The molecule has 3 aromatic carbocycles. The lowest BCUT2D eigenvalue weighted by atomic mass is 10.1. The van der Waals surface area contributed by atoms with E-state index in [0.29, 0.717) is 6.61 Å². The molecule has 1 heterocycles. The molecular formula is C26H29NOSi. The molecule has 0 spiro atoms. The van der Waals surface area contributed by atoms with Crippen LogP contribution in [0.2, 0.25) is 5.04 Å². The monoisotopic (exact) mass is 399 g/mol. The van der Waals surface area contributed by atoms with Gasteiger partial charge in [0, 0.05) is 18.8 Å². The Morgan fingerprint density at radius 2 is 1.34 bits per heavy atom. The SMILES string of the molecule is Cn1ccc2cccc(CO[Si](c3ccccc3)(c3ccccc3)C(C)(C)C)c21. The summed E-state index contributed by atoms with van der Waals surface area (Å²) in [6, 6.07) is 30.3. The maximum atomic E-state index is 7.11. The Morgan fingerprint density at radius 3 is 1.90 bits per heavy atom. The quantitative estimate of drug-likeness (QED) is 0.418. The van der Waals surface area contributed by atoms with Gasteiger partial charge in [-0.25, -0.2) is 0 Å². The molecule has 0 amide bonds. The van der Waals surface area contributed by atoms with Crippen molar-refractivity contribution in [3.8, 4) is 0 Å². The van der Waals surface area contributed by atoms with E-state index in [-0.39, 0.29) is 5.04 Å². The van der Waals surface area contributed by atoms with Crippen LogP contribution in [0.4, 0.5) is 0 Å². The van der Waals surface area contributed by atoms with E-state index in [1.165, 1.54) is 26.8 Å². The van der Waals surface area contributed by atoms with Gasteiger partial charge in [0.15, 0.2) is 0 Å². The highest BCUT2D eigenvalue weighted by Gasteiger charge is 2.50. The maximum absolute atomic E-state index is 7.11. The molecule has 0 atom stereocenters. The average Bonchev–Trinajstić information content (AvgIpc) is 3.11. The molecule has 0 bridgehead atoms. The third kappa shape index (κ3) is 3.45. The number of rotatable bonds is 5. The summed E-state index contributed by atoms with van der Waals surface area (Å²) in [6.45, 7) is 7.56. The molecule has 0 aliphatic rings. The van der Waals surface area contributed by atoms with Crippen molar-refractivity contribution in [2.75, 3.05) is 0 Å². The van der Waals surface area contributed by atoms with Gasteiger partial charge in [-0.05, 0) is 26.9 Å². The number of hydrogen-bond donors (Lipinski definition) is 0. The zero-order valence-corrected chi connectivity index (χ0v) is 18.7. The van der Waals surface area contributed by atoms with E-state index in [4.69, 9.17) is 4.43 Å². The van der Waals surface area contributed by atoms with Crippen molar-refractivity contribution in [2.24, 2.45) is 7.05 Å². The molecule has 148 valence electrons. The Labute approximate surface area is 174 Å². The molecule has 1 aromatic heterocycles. The topological polar surface area (TPSA) is 14.2 Å². The third-order valence-corrected chi connectivity index (χ3v) is 10.8. The molecule has 0 aliphatic heterocycles. The van der Waals surface area contributed by atoms with Crippen molar-refractivity contribution in [1.82, 2.24) is 4.57 Å². The lowest BCUT2D eigenvalue weighted by Gasteiger charge is -2.43. The molecule has 0 radical (unpaired) electrons. The first-order valence-corrected chi connectivity index (χ1v) is 12.1. The Hall–Kier alpha value is -2.62. The molecule has 29 heavy (non-hydrogen) atoms. The zero-order valence-electron chi connectivity index (χ0n) is 17.7.